The zero-order valence-corrected chi connectivity index (χ0v) is 14.1. The molecule has 0 saturated carbocycles. The van der Waals surface area contributed by atoms with Crippen molar-refractivity contribution in [1.29, 1.82) is 0 Å². The molecule has 0 N–H and O–H groups in total. The van der Waals surface area contributed by atoms with E-state index in [0.29, 0.717) is 12.8 Å². The van der Waals surface area contributed by atoms with Crippen molar-refractivity contribution in [1.82, 2.24) is 0 Å². The van der Waals surface area contributed by atoms with Crippen LogP contribution in [0.2, 0.25) is 0 Å². The fourth-order valence-corrected chi connectivity index (χ4v) is 2.55. The van der Waals surface area contributed by atoms with Gasteiger partial charge in [-0.05, 0) is 47.4 Å². The average molecular weight is 332 g/mol. The molecular weight excluding hydrogens is 312 g/mol. The molecular formula is C22H20O3. The highest BCUT2D eigenvalue weighted by atomic mass is 16.5. The molecule has 0 aliphatic carbocycles. The first-order valence-corrected chi connectivity index (χ1v) is 8.24. The van der Waals surface area contributed by atoms with Gasteiger partial charge >= 0.3 is 5.97 Å². The van der Waals surface area contributed by atoms with Gasteiger partial charge in [0.05, 0.1) is 7.11 Å². The molecule has 0 unspecified atom stereocenters. The van der Waals surface area contributed by atoms with Gasteiger partial charge in [-0.3, -0.25) is 4.79 Å². The van der Waals surface area contributed by atoms with Crippen LogP contribution in [0.3, 0.4) is 0 Å². The molecule has 126 valence electrons. The molecule has 0 amide bonds. The van der Waals surface area contributed by atoms with Crippen LogP contribution in [-0.4, -0.2) is 13.1 Å². The minimum absolute atomic E-state index is 0.182. The lowest BCUT2D eigenvalue weighted by Gasteiger charge is -2.08. The molecule has 0 atom stereocenters. The van der Waals surface area contributed by atoms with E-state index < -0.39 is 0 Å². The van der Waals surface area contributed by atoms with E-state index in [0.717, 1.165) is 28.2 Å². The zero-order valence-electron chi connectivity index (χ0n) is 14.1. The lowest BCUT2D eigenvalue weighted by atomic mass is 10.0. The highest BCUT2D eigenvalue weighted by molar-refractivity contribution is 5.69. The van der Waals surface area contributed by atoms with E-state index in [2.05, 4.69) is 16.9 Å². The normalized spacial score (nSPS) is 10.3. The molecule has 0 aromatic heterocycles. The van der Waals surface area contributed by atoms with Crippen LogP contribution in [0.5, 0.6) is 11.5 Å². The summed E-state index contributed by atoms with van der Waals surface area (Å²) >= 11 is 0. The SMILES string of the molecule is COC(=O)CCc1ccc(-c2ccc(Oc3ccccc3)cc2)cc1. The molecule has 0 saturated heterocycles. The van der Waals surface area contributed by atoms with Crippen LogP contribution in [0.15, 0.2) is 78.9 Å². The monoisotopic (exact) mass is 332 g/mol. The van der Waals surface area contributed by atoms with Gasteiger partial charge in [0.15, 0.2) is 0 Å². The number of ether oxygens (including phenoxy) is 2. The summed E-state index contributed by atoms with van der Waals surface area (Å²) in [6.45, 7) is 0. The van der Waals surface area contributed by atoms with Crippen LogP contribution >= 0.6 is 0 Å². The molecule has 3 aromatic rings. The van der Waals surface area contributed by atoms with Crippen molar-refractivity contribution in [2.75, 3.05) is 7.11 Å². The van der Waals surface area contributed by atoms with Crippen LogP contribution in [0.1, 0.15) is 12.0 Å². The van der Waals surface area contributed by atoms with Crippen molar-refractivity contribution in [3.63, 3.8) is 0 Å². The van der Waals surface area contributed by atoms with Gasteiger partial charge in [-0.2, -0.15) is 0 Å². The van der Waals surface area contributed by atoms with Crippen LogP contribution in [0.25, 0.3) is 11.1 Å². The Hall–Kier alpha value is -3.07. The summed E-state index contributed by atoms with van der Waals surface area (Å²) in [4.78, 5) is 11.2. The molecule has 3 aromatic carbocycles. The summed E-state index contributed by atoms with van der Waals surface area (Å²) in [7, 11) is 1.41. The molecule has 0 fully saturated rings. The van der Waals surface area contributed by atoms with Gasteiger partial charge in [0, 0.05) is 6.42 Å². The van der Waals surface area contributed by atoms with Crippen molar-refractivity contribution in [3.05, 3.63) is 84.4 Å². The van der Waals surface area contributed by atoms with Crippen molar-refractivity contribution in [2.24, 2.45) is 0 Å². The third-order valence-electron chi connectivity index (χ3n) is 3.97. The van der Waals surface area contributed by atoms with Crippen LogP contribution < -0.4 is 4.74 Å². The summed E-state index contributed by atoms with van der Waals surface area (Å²) < 4.78 is 10.5. The van der Waals surface area contributed by atoms with Gasteiger partial charge in [-0.15, -0.1) is 0 Å². The van der Waals surface area contributed by atoms with E-state index in [9.17, 15) is 4.79 Å². The Kier molecular flexibility index (Phi) is 5.47. The summed E-state index contributed by atoms with van der Waals surface area (Å²) in [6.07, 6.45) is 1.10. The van der Waals surface area contributed by atoms with E-state index in [1.54, 1.807) is 0 Å². The first-order chi connectivity index (χ1) is 12.2. The van der Waals surface area contributed by atoms with Crippen molar-refractivity contribution in [3.8, 4) is 22.6 Å². The molecule has 0 heterocycles. The third-order valence-corrected chi connectivity index (χ3v) is 3.97. The van der Waals surface area contributed by atoms with E-state index in [1.807, 2.05) is 66.7 Å². The number of hydrogen-bond donors (Lipinski definition) is 0. The summed E-state index contributed by atoms with van der Waals surface area (Å²) in [5.41, 5.74) is 3.38. The molecule has 3 nitrogen and oxygen atoms in total. The van der Waals surface area contributed by atoms with Gasteiger partial charge in [-0.25, -0.2) is 0 Å². The quantitative estimate of drug-likeness (QED) is 0.578. The lowest BCUT2D eigenvalue weighted by Crippen LogP contribution is -2.01. The maximum absolute atomic E-state index is 11.2. The second-order valence-corrected chi connectivity index (χ2v) is 5.71. The second kappa shape index (κ2) is 8.15. The highest BCUT2D eigenvalue weighted by Crippen LogP contribution is 2.26. The number of aryl methyl sites for hydroxylation is 1. The summed E-state index contributed by atoms with van der Waals surface area (Å²) in [5.74, 6) is 1.45. The number of para-hydroxylation sites is 1. The molecule has 3 heteroatoms. The standard InChI is InChI=1S/C22H20O3/c1-24-22(23)16-9-17-7-10-18(11-8-17)19-12-14-21(15-13-19)25-20-5-3-2-4-6-20/h2-8,10-15H,9,16H2,1H3. The van der Waals surface area contributed by atoms with E-state index in [1.165, 1.54) is 7.11 Å². The number of esters is 1. The minimum Gasteiger partial charge on any atom is -0.469 e. The Morgan fingerprint density at radius 3 is 1.92 bits per heavy atom. The first kappa shape index (κ1) is 16.8. The smallest absolute Gasteiger partial charge is 0.305 e. The van der Waals surface area contributed by atoms with E-state index >= 15 is 0 Å². The Labute approximate surface area is 147 Å². The predicted molar refractivity (Wildman–Crippen MR) is 98.7 cm³/mol. The van der Waals surface area contributed by atoms with Gasteiger partial charge in [0.2, 0.25) is 0 Å². The first-order valence-electron chi connectivity index (χ1n) is 8.24. The fourth-order valence-electron chi connectivity index (χ4n) is 2.55. The number of benzene rings is 3. The van der Waals surface area contributed by atoms with Crippen LogP contribution in [0.4, 0.5) is 0 Å². The number of carbonyl (C=O) groups excluding carboxylic acids is 1. The number of methoxy groups -OCH3 is 1. The molecule has 0 aliphatic heterocycles. The van der Waals surface area contributed by atoms with Crippen LogP contribution in [0, 0.1) is 0 Å². The maximum atomic E-state index is 11.2. The van der Waals surface area contributed by atoms with Crippen LogP contribution in [-0.2, 0) is 16.0 Å². The maximum Gasteiger partial charge on any atom is 0.305 e. The Morgan fingerprint density at radius 1 is 0.760 bits per heavy atom. The van der Waals surface area contributed by atoms with Gasteiger partial charge in [-0.1, -0.05) is 54.6 Å². The fraction of sp³-hybridized carbons (Fsp3) is 0.136. The Bertz CT molecular complexity index is 806. The largest absolute Gasteiger partial charge is 0.469 e. The number of carbonyl (C=O) groups is 1. The summed E-state index contributed by atoms with van der Waals surface area (Å²) in [6, 6.07) is 26.0. The topological polar surface area (TPSA) is 35.5 Å². The van der Waals surface area contributed by atoms with Gasteiger partial charge < -0.3 is 9.47 Å². The Morgan fingerprint density at radius 2 is 1.32 bits per heavy atom. The second-order valence-electron chi connectivity index (χ2n) is 5.71. The minimum atomic E-state index is -0.182. The third kappa shape index (κ3) is 4.70. The van der Waals surface area contributed by atoms with Crippen molar-refractivity contribution >= 4 is 5.97 Å². The zero-order chi connectivity index (χ0) is 17.5. The van der Waals surface area contributed by atoms with Crippen molar-refractivity contribution < 1.29 is 14.3 Å². The number of hydrogen-bond acceptors (Lipinski definition) is 3. The van der Waals surface area contributed by atoms with Gasteiger partial charge in [0.25, 0.3) is 0 Å². The lowest BCUT2D eigenvalue weighted by molar-refractivity contribution is -0.140. The predicted octanol–water partition coefficient (Wildman–Crippen LogP) is 5.25. The highest BCUT2D eigenvalue weighted by Gasteiger charge is 2.03. The molecule has 0 spiro atoms. The number of rotatable bonds is 6. The Balaban J connectivity index is 1.64. The van der Waals surface area contributed by atoms with E-state index in [-0.39, 0.29) is 5.97 Å². The molecule has 0 bridgehead atoms. The van der Waals surface area contributed by atoms with Crippen molar-refractivity contribution in [2.45, 2.75) is 12.8 Å². The molecule has 0 radical (unpaired) electrons. The summed E-state index contributed by atoms with van der Waals surface area (Å²) in [5, 5.41) is 0. The molecule has 0 aliphatic rings. The molecule has 25 heavy (non-hydrogen) atoms. The average Bonchev–Trinajstić information content (AvgIpc) is 2.68. The van der Waals surface area contributed by atoms with Gasteiger partial charge in [0.1, 0.15) is 11.5 Å². The van der Waals surface area contributed by atoms with E-state index in [4.69, 9.17) is 4.74 Å². The molecule has 3 rings (SSSR count).